The van der Waals surface area contributed by atoms with E-state index in [1.807, 2.05) is 13.0 Å². The Kier molecular flexibility index (Phi) is 3.05. The van der Waals surface area contributed by atoms with Crippen LogP contribution in [0.3, 0.4) is 0 Å². The van der Waals surface area contributed by atoms with Crippen LogP contribution in [0.5, 0.6) is 0 Å². The van der Waals surface area contributed by atoms with Gasteiger partial charge < -0.3 is 9.15 Å². The molecular weight excluding hydrogens is 280 g/mol. The van der Waals surface area contributed by atoms with Crippen molar-refractivity contribution in [3.05, 3.63) is 34.5 Å². The third kappa shape index (κ3) is 2.10. The molecule has 0 N–H and O–H groups in total. The summed E-state index contributed by atoms with van der Waals surface area (Å²) >= 11 is 6.17. The fraction of sp³-hybridized carbons (Fsp3) is 0.333. The van der Waals surface area contributed by atoms with E-state index in [1.54, 1.807) is 12.1 Å². The van der Waals surface area contributed by atoms with E-state index in [-0.39, 0.29) is 23.6 Å². The summed E-state index contributed by atoms with van der Waals surface area (Å²) in [5.41, 5.74) is 1.07. The molecule has 4 nitrogen and oxygen atoms in total. The van der Waals surface area contributed by atoms with E-state index in [0.29, 0.717) is 22.6 Å². The number of rotatable bonds is 3. The molecule has 0 amide bonds. The Balaban J connectivity index is 1.91. The second-order valence-corrected chi connectivity index (χ2v) is 5.47. The molecule has 1 aromatic carbocycles. The van der Waals surface area contributed by atoms with Gasteiger partial charge in [-0.3, -0.25) is 9.59 Å². The number of carbonyl (C=O) groups excluding carboxylic acids is 2. The number of furan rings is 1. The Bertz CT molecular complexity index is 716. The summed E-state index contributed by atoms with van der Waals surface area (Å²) in [7, 11) is 1.33. The van der Waals surface area contributed by atoms with Crippen LogP contribution in [0, 0.1) is 18.8 Å². The number of benzene rings is 1. The van der Waals surface area contributed by atoms with Crippen LogP contribution in [0.15, 0.2) is 22.6 Å². The zero-order valence-corrected chi connectivity index (χ0v) is 11.9. The molecule has 104 valence electrons. The van der Waals surface area contributed by atoms with Crippen molar-refractivity contribution in [3.8, 4) is 0 Å². The molecule has 1 aliphatic rings. The summed E-state index contributed by atoms with van der Waals surface area (Å²) in [6.45, 7) is 1.83. The normalized spacial score (nSPS) is 20.9. The predicted molar refractivity (Wildman–Crippen MR) is 73.9 cm³/mol. The second kappa shape index (κ2) is 4.63. The molecule has 3 rings (SSSR count). The van der Waals surface area contributed by atoms with E-state index in [2.05, 4.69) is 4.74 Å². The quantitative estimate of drug-likeness (QED) is 0.643. The average Bonchev–Trinajstić information content (AvgIpc) is 3.12. The Morgan fingerprint density at radius 3 is 2.75 bits per heavy atom. The molecule has 2 atom stereocenters. The van der Waals surface area contributed by atoms with E-state index in [4.69, 9.17) is 16.0 Å². The number of esters is 1. The Hall–Kier alpha value is -1.81. The van der Waals surface area contributed by atoms with Crippen LogP contribution in [-0.4, -0.2) is 18.9 Å². The van der Waals surface area contributed by atoms with Crippen LogP contribution in [0.2, 0.25) is 5.02 Å². The van der Waals surface area contributed by atoms with Gasteiger partial charge in [0.2, 0.25) is 0 Å². The molecule has 2 aromatic rings. The number of halogens is 1. The number of hydrogen-bond acceptors (Lipinski definition) is 4. The molecule has 2 unspecified atom stereocenters. The zero-order valence-electron chi connectivity index (χ0n) is 11.1. The Labute approximate surface area is 120 Å². The number of carbonyl (C=O) groups is 2. The van der Waals surface area contributed by atoms with Crippen molar-refractivity contribution in [2.24, 2.45) is 11.8 Å². The largest absolute Gasteiger partial charge is 0.469 e. The molecule has 5 heteroatoms. The summed E-state index contributed by atoms with van der Waals surface area (Å²) in [5, 5.41) is 1.28. The monoisotopic (exact) mass is 292 g/mol. The number of hydrogen-bond donors (Lipinski definition) is 0. The first kappa shape index (κ1) is 13.2. The molecule has 0 aliphatic heterocycles. The maximum Gasteiger partial charge on any atom is 0.309 e. The lowest BCUT2D eigenvalue weighted by atomic mass is 10.0. The van der Waals surface area contributed by atoms with Gasteiger partial charge in [-0.2, -0.15) is 0 Å². The molecule has 0 spiro atoms. The van der Waals surface area contributed by atoms with Gasteiger partial charge in [-0.1, -0.05) is 11.6 Å². The summed E-state index contributed by atoms with van der Waals surface area (Å²) in [4.78, 5) is 23.7. The topological polar surface area (TPSA) is 56.5 Å². The van der Waals surface area contributed by atoms with Gasteiger partial charge in [-0.05, 0) is 31.5 Å². The maximum atomic E-state index is 12.3. The molecule has 1 fully saturated rings. The van der Waals surface area contributed by atoms with Gasteiger partial charge in [0.25, 0.3) is 0 Å². The first-order chi connectivity index (χ1) is 9.51. The minimum atomic E-state index is -0.329. The zero-order chi connectivity index (χ0) is 14.4. The van der Waals surface area contributed by atoms with Crippen LogP contribution in [-0.2, 0) is 9.53 Å². The average molecular weight is 293 g/mol. The molecule has 0 radical (unpaired) electrons. The maximum absolute atomic E-state index is 12.3. The van der Waals surface area contributed by atoms with Crippen molar-refractivity contribution in [3.63, 3.8) is 0 Å². The lowest BCUT2D eigenvalue weighted by molar-refractivity contribution is -0.142. The standard InChI is InChI=1S/C15H13ClO4/c1-7-3-11-12(16)4-8(5-13(11)20-7)14(17)9-6-10(9)15(18)19-2/h3-5,9-10H,6H2,1-2H3. The van der Waals surface area contributed by atoms with E-state index in [9.17, 15) is 9.59 Å². The highest BCUT2D eigenvalue weighted by molar-refractivity contribution is 6.35. The molecule has 1 aliphatic carbocycles. The van der Waals surface area contributed by atoms with Crippen molar-refractivity contribution in [2.45, 2.75) is 13.3 Å². The van der Waals surface area contributed by atoms with Gasteiger partial charge in [-0.25, -0.2) is 0 Å². The van der Waals surface area contributed by atoms with Gasteiger partial charge in [-0.15, -0.1) is 0 Å². The highest BCUT2D eigenvalue weighted by Gasteiger charge is 2.49. The molecule has 1 aromatic heterocycles. The van der Waals surface area contributed by atoms with E-state index in [1.165, 1.54) is 7.11 Å². The van der Waals surface area contributed by atoms with Gasteiger partial charge >= 0.3 is 5.97 Å². The highest BCUT2D eigenvalue weighted by Crippen LogP contribution is 2.42. The number of Topliss-reactive ketones (excluding diaryl/α,β-unsaturated/α-hetero) is 1. The van der Waals surface area contributed by atoms with Crippen molar-refractivity contribution in [2.75, 3.05) is 7.11 Å². The summed E-state index contributed by atoms with van der Waals surface area (Å²) in [5.74, 6) is -0.291. The van der Waals surface area contributed by atoms with Gasteiger partial charge in [0.05, 0.1) is 18.1 Å². The molecule has 1 heterocycles. The van der Waals surface area contributed by atoms with Crippen LogP contribution in [0.1, 0.15) is 22.5 Å². The van der Waals surface area contributed by atoms with E-state index in [0.717, 1.165) is 11.1 Å². The number of fused-ring (bicyclic) bond motifs is 1. The van der Waals surface area contributed by atoms with Crippen molar-refractivity contribution < 1.29 is 18.7 Å². The Morgan fingerprint density at radius 1 is 1.30 bits per heavy atom. The molecular formula is C15H13ClO4. The van der Waals surface area contributed by atoms with Crippen molar-refractivity contribution in [1.29, 1.82) is 0 Å². The van der Waals surface area contributed by atoms with Crippen molar-refractivity contribution >= 4 is 34.3 Å². The predicted octanol–water partition coefficient (Wildman–Crippen LogP) is 3.39. The van der Waals surface area contributed by atoms with Crippen LogP contribution in [0.4, 0.5) is 0 Å². The minimum absolute atomic E-state index is 0.0850. The molecule has 0 bridgehead atoms. The van der Waals surface area contributed by atoms with E-state index >= 15 is 0 Å². The van der Waals surface area contributed by atoms with E-state index < -0.39 is 0 Å². The highest BCUT2D eigenvalue weighted by atomic mass is 35.5. The molecule has 0 saturated heterocycles. The molecule has 20 heavy (non-hydrogen) atoms. The number of aryl methyl sites for hydroxylation is 1. The summed E-state index contributed by atoms with van der Waals surface area (Å²) < 4.78 is 10.2. The van der Waals surface area contributed by atoms with Gasteiger partial charge in [0, 0.05) is 16.9 Å². The number of ketones is 1. The van der Waals surface area contributed by atoms with Crippen molar-refractivity contribution in [1.82, 2.24) is 0 Å². The first-order valence-corrected chi connectivity index (χ1v) is 6.71. The summed E-state index contributed by atoms with van der Waals surface area (Å²) in [6.07, 6.45) is 0.540. The van der Waals surface area contributed by atoms with Gasteiger partial charge in [0.1, 0.15) is 11.3 Å². The second-order valence-electron chi connectivity index (χ2n) is 5.06. The number of methoxy groups -OCH3 is 1. The number of ether oxygens (including phenoxy) is 1. The minimum Gasteiger partial charge on any atom is -0.469 e. The van der Waals surface area contributed by atoms with Crippen LogP contribution >= 0.6 is 11.6 Å². The SMILES string of the molecule is COC(=O)C1CC1C(=O)c1cc(Cl)c2cc(C)oc2c1. The fourth-order valence-electron chi connectivity index (χ4n) is 2.48. The molecule has 1 saturated carbocycles. The third-order valence-electron chi connectivity index (χ3n) is 3.63. The lowest BCUT2D eigenvalue weighted by Gasteiger charge is -2.02. The smallest absolute Gasteiger partial charge is 0.309 e. The first-order valence-electron chi connectivity index (χ1n) is 6.33. The fourth-order valence-corrected chi connectivity index (χ4v) is 2.74. The lowest BCUT2D eigenvalue weighted by Crippen LogP contribution is -2.10. The van der Waals surface area contributed by atoms with Crippen LogP contribution in [0.25, 0.3) is 11.0 Å². The van der Waals surface area contributed by atoms with Gasteiger partial charge in [0.15, 0.2) is 5.78 Å². The third-order valence-corrected chi connectivity index (χ3v) is 3.94. The summed E-state index contributed by atoms with van der Waals surface area (Å²) in [6, 6.07) is 5.15. The van der Waals surface area contributed by atoms with Crippen LogP contribution < -0.4 is 0 Å². The Morgan fingerprint density at radius 2 is 2.05 bits per heavy atom.